The summed E-state index contributed by atoms with van der Waals surface area (Å²) in [6.45, 7) is 4.11. The molecule has 2 amide bonds. The van der Waals surface area contributed by atoms with Crippen LogP contribution in [0.5, 0.6) is 0 Å². The molecule has 0 unspecified atom stereocenters. The fraction of sp³-hybridized carbons (Fsp3) is 0.375. The lowest BCUT2D eigenvalue weighted by atomic mass is 9.89. The van der Waals surface area contributed by atoms with Gasteiger partial charge in [-0.05, 0) is 44.9 Å². The molecule has 0 aliphatic carbocycles. The molecule has 2 N–H and O–H groups in total. The number of nitrogens with one attached hydrogen (secondary N) is 1. The minimum absolute atomic E-state index is 0.0579. The first-order valence-corrected chi connectivity index (χ1v) is 11.6. The molecular weight excluding hydrogens is 472 g/mol. The zero-order valence-corrected chi connectivity index (χ0v) is 20.5. The summed E-state index contributed by atoms with van der Waals surface area (Å²) in [5.74, 6) is -0.859. The third-order valence-corrected chi connectivity index (χ3v) is 6.44. The number of carbonyl (C=O) groups excluding carboxylic acids is 2. The molecule has 1 aliphatic rings. The van der Waals surface area contributed by atoms with E-state index in [4.69, 9.17) is 11.6 Å². The van der Waals surface area contributed by atoms with E-state index in [1.54, 1.807) is 47.1 Å². The van der Waals surface area contributed by atoms with Crippen molar-refractivity contribution in [3.05, 3.63) is 63.7 Å². The van der Waals surface area contributed by atoms with Crippen LogP contribution >= 0.6 is 11.6 Å². The molecule has 1 atom stereocenters. The Bertz CT molecular complexity index is 1310. The van der Waals surface area contributed by atoms with Crippen LogP contribution in [0.1, 0.15) is 37.0 Å². The molecule has 11 heteroatoms. The van der Waals surface area contributed by atoms with Crippen molar-refractivity contribution in [2.24, 2.45) is 7.05 Å². The molecule has 0 radical (unpaired) electrons. The van der Waals surface area contributed by atoms with Crippen molar-refractivity contribution >= 4 is 23.4 Å². The third kappa shape index (κ3) is 5.28. The number of hydrogen-bond donors (Lipinski definition) is 2. The zero-order chi connectivity index (χ0) is 25.3. The second kappa shape index (κ2) is 9.63. The van der Waals surface area contributed by atoms with E-state index in [9.17, 15) is 19.5 Å². The van der Waals surface area contributed by atoms with Gasteiger partial charge in [0.05, 0.1) is 18.1 Å². The predicted octanol–water partition coefficient (Wildman–Crippen LogP) is 1.78. The molecule has 1 fully saturated rings. The van der Waals surface area contributed by atoms with Gasteiger partial charge in [-0.25, -0.2) is 0 Å². The van der Waals surface area contributed by atoms with Gasteiger partial charge in [0, 0.05) is 36.3 Å². The van der Waals surface area contributed by atoms with Crippen molar-refractivity contribution in [2.45, 2.75) is 38.3 Å². The Morgan fingerprint density at radius 2 is 1.86 bits per heavy atom. The molecule has 3 heterocycles. The first-order valence-electron chi connectivity index (χ1n) is 11.2. The van der Waals surface area contributed by atoms with Crippen LogP contribution in [0.15, 0.2) is 47.5 Å². The van der Waals surface area contributed by atoms with E-state index in [0.29, 0.717) is 47.9 Å². The van der Waals surface area contributed by atoms with Gasteiger partial charge in [-0.15, -0.1) is 0 Å². The number of aliphatic hydroxyl groups is 1. The normalized spacial score (nSPS) is 16.1. The second-order valence-corrected chi connectivity index (χ2v) is 9.49. The van der Waals surface area contributed by atoms with Gasteiger partial charge in [-0.3, -0.25) is 19.1 Å². The smallest absolute Gasteiger partial charge is 0.284 e. The van der Waals surface area contributed by atoms with Crippen molar-refractivity contribution in [1.82, 2.24) is 29.8 Å². The highest BCUT2D eigenvalue weighted by molar-refractivity contribution is 6.30. The fourth-order valence-electron chi connectivity index (χ4n) is 4.06. The summed E-state index contributed by atoms with van der Waals surface area (Å²) >= 11 is 6.02. The van der Waals surface area contributed by atoms with Gasteiger partial charge < -0.3 is 15.3 Å². The number of halogens is 1. The highest BCUT2D eigenvalue weighted by Crippen LogP contribution is 2.24. The summed E-state index contributed by atoms with van der Waals surface area (Å²) in [5.41, 5.74) is 0.298. The van der Waals surface area contributed by atoms with Crippen LogP contribution in [-0.4, -0.2) is 66.1 Å². The average molecular weight is 499 g/mol. The number of carbonyl (C=O) groups is 2. The van der Waals surface area contributed by atoms with Crippen molar-refractivity contribution in [2.75, 3.05) is 13.1 Å². The minimum Gasteiger partial charge on any atom is -0.384 e. The third-order valence-electron chi connectivity index (χ3n) is 6.18. The molecule has 0 saturated carbocycles. The van der Waals surface area contributed by atoms with Gasteiger partial charge in [0.2, 0.25) is 0 Å². The molecule has 0 spiro atoms. The van der Waals surface area contributed by atoms with Crippen LogP contribution in [0.25, 0.3) is 16.9 Å². The molecule has 1 aromatic carbocycles. The first kappa shape index (κ1) is 24.6. The Hall–Kier alpha value is -3.50. The maximum atomic E-state index is 13.4. The van der Waals surface area contributed by atoms with E-state index in [2.05, 4.69) is 15.5 Å². The van der Waals surface area contributed by atoms with Gasteiger partial charge >= 0.3 is 0 Å². The topological polar surface area (TPSA) is 122 Å². The molecule has 1 saturated heterocycles. The fourth-order valence-corrected chi connectivity index (χ4v) is 4.19. The quantitative estimate of drug-likeness (QED) is 0.553. The Morgan fingerprint density at radius 1 is 1.20 bits per heavy atom. The summed E-state index contributed by atoms with van der Waals surface area (Å²) in [7, 11) is 1.72. The summed E-state index contributed by atoms with van der Waals surface area (Å²) in [6.07, 6.45) is 3.05. The minimum atomic E-state index is -1.07. The van der Waals surface area contributed by atoms with Crippen molar-refractivity contribution in [3.8, 4) is 16.9 Å². The average Bonchev–Trinajstić information content (AvgIpc) is 3.25. The van der Waals surface area contributed by atoms with E-state index < -0.39 is 23.1 Å². The molecule has 1 aliphatic heterocycles. The van der Waals surface area contributed by atoms with Crippen LogP contribution in [0.3, 0.4) is 0 Å². The molecule has 0 bridgehead atoms. The Labute approximate surface area is 207 Å². The van der Waals surface area contributed by atoms with Gasteiger partial charge in [0.25, 0.3) is 17.4 Å². The van der Waals surface area contributed by atoms with E-state index in [-0.39, 0.29) is 11.5 Å². The van der Waals surface area contributed by atoms with Crippen LogP contribution in [0.2, 0.25) is 5.02 Å². The summed E-state index contributed by atoms with van der Waals surface area (Å²) < 4.78 is 2.71. The van der Waals surface area contributed by atoms with Crippen LogP contribution in [0.4, 0.5) is 0 Å². The maximum Gasteiger partial charge on any atom is 0.284 e. The summed E-state index contributed by atoms with van der Waals surface area (Å²) in [6, 6.07) is 8.42. The molecule has 3 aromatic rings. The van der Waals surface area contributed by atoms with Gasteiger partial charge in [-0.2, -0.15) is 14.9 Å². The highest BCUT2D eigenvalue weighted by atomic mass is 35.5. The number of aromatic nitrogens is 4. The van der Waals surface area contributed by atoms with Crippen LogP contribution < -0.4 is 10.9 Å². The highest BCUT2D eigenvalue weighted by Gasteiger charge is 2.35. The largest absolute Gasteiger partial charge is 0.384 e. The lowest BCUT2D eigenvalue weighted by Gasteiger charge is -2.40. The number of benzene rings is 1. The van der Waals surface area contributed by atoms with E-state index >= 15 is 0 Å². The maximum absolute atomic E-state index is 13.4. The molecule has 35 heavy (non-hydrogen) atoms. The Balaban J connectivity index is 1.66. The van der Waals surface area contributed by atoms with Crippen molar-refractivity contribution in [3.63, 3.8) is 0 Å². The number of amides is 2. The van der Waals surface area contributed by atoms with Crippen molar-refractivity contribution in [1.29, 1.82) is 0 Å². The monoisotopic (exact) mass is 498 g/mol. The van der Waals surface area contributed by atoms with Crippen LogP contribution in [-0.2, 0) is 11.8 Å². The lowest BCUT2D eigenvalue weighted by molar-refractivity contribution is -0.140. The molecule has 184 valence electrons. The van der Waals surface area contributed by atoms with Gasteiger partial charge in [0.15, 0.2) is 0 Å². The van der Waals surface area contributed by atoms with Crippen molar-refractivity contribution < 1.29 is 14.7 Å². The predicted molar refractivity (Wildman–Crippen MR) is 130 cm³/mol. The van der Waals surface area contributed by atoms with Gasteiger partial charge in [-0.1, -0.05) is 23.7 Å². The lowest BCUT2D eigenvalue weighted by Crippen LogP contribution is -2.56. The Morgan fingerprint density at radius 3 is 2.43 bits per heavy atom. The number of aliphatic hydroxyl groups excluding tert-OH is 1. The molecule has 4 rings (SSSR count). The first-order chi connectivity index (χ1) is 16.6. The number of rotatable bonds is 5. The van der Waals surface area contributed by atoms with E-state index in [1.165, 1.54) is 19.2 Å². The Kier molecular flexibility index (Phi) is 6.77. The van der Waals surface area contributed by atoms with E-state index in [0.717, 1.165) is 4.68 Å². The van der Waals surface area contributed by atoms with Crippen LogP contribution in [0, 0.1) is 0 Å². The number of piperidine rings is 1. The SMILES string of the molecule is C[C@@H](O)C(=O)N1CCC(C)(NC(=O)c2cc(-c3ccc(Cl)cc3)nn(-c3cnn(C)c3)c2=O)CC1. The standard InChI is InChI=1S/C24H27ClN6O4/c1-15(32)22(34)30-10-8-24(2,9-11-30)27-21(33)19-12-20(16-4-6-17(25)7-5-16)28-31(23(19)35)18-13-26-29(3)14-18/h4-7,12-15,32H,8-11H2,1-3H3,(H,27,33)/t15-/m1/s1. The summed E-state index contributed by atoms with van der Waals surface area (Å²) in [5, 5.41) is 21.7. The number of likely N-dealkylation sites (tertiary alicyclic amines) is 1. The van der Waals surface area contributed by atoms with Gasteiger partial charge in [0.1, 0.15) is 17.4 Å². The second-order valence-electron chi connectivity index (χ2n) is 9.06. The molecule has 2 aromatic heterocycles. The number of aryl methyl sites for hydroxylation is 1. The zero-order valence-electron chi connectivity index (χ0n) is 19.7. The summed E-state index contributed by atoms with van der Waals surface area (Å²) in [4.78, 5) is 40.4. The number of hydrogen-bond acceptors (Lipinski definition) is 6. The number of nitrogens with zero attached hydrogens (tertiary/aromatic N) is 5. The molecule has 10 nitrogen and oxygen atoms in total. The molecular formula is C24H27ClN6O4. The van der Waals surface area contributed by atoms with E-state index in [1.807, 2.05) is 6.92 Å².